The maximum atomic E-state index is 12.1. The molecule has 2 fully saturated rings. The molecule has 2 aromatic heterocycles. The summed E-state index contributed by atoms with van der Waals surface area (Å²) in [6.07, 6.45) is 5.68. The molecule has 166 valence electrons. The minimum Gasteiger partial charge on any atom is -0.460 e. The third kappa shape index (κ3) is 4.40. The van der Waals surface area contributed by atoms with Crippen molar-refractivity contribution in [3.8, 4) is 0 Å². The lowest BCUT2D eigenvalue weighted by Crippen LogP contribution is -2.37. The molecule has 8 nitrogen and oxygen atoms in total. The van der Waals surface area contributed by atoms with Crippen LogP contribution in [0, 0.1) is 0 Å². The number of nitrogens with zero attached hydrogens (tertiary/aromatic N) is 4. The standard InChI is InChI=1S/C22H28N4O4S/c1-31(27,28)26-11-5-4-7-19(26)22-24-23-21(30-22)16-9-12-25(13-10-16)15-18-14-17-6-2-3-8-20(17)29-18/h2-3,6,8,14,16,19H,4-5,7,9-13,15H2,1H3. The van der Waals surface area contributed by atoms with Crippen molar-refractivity contribution >= 4 is 21.0 Å². The van der Waals surface area contributed by atoms with Crippen LogP contribution in [0.15, 0.2) is 39.2 Å². The molecular weight excluding hydrogens is 416 g/mol. The Balaban J connectivity index is 1.21. The summed E-state index contributed by atoms with van der Waals surface area (Å²) in [6, 6.07) is 9.85. The summed E-state index contributed by atoms with van der Waals surface area (Å²) in [5.41, 5.74) is 0.927. The number of para-hydroxylation sites is 1. The molecule has 0 spiro atoms. The predicted octanol–water partition coefficient (Wildman–Crippen LogP) is 3.68. The minimum absolute atomic E-state index is 0.212. The second kappa shape index (κ2) is 8.37. The molecule has 5 rings (SSSR count). The molecule has 2 aliphatic heterocycles. The number of fused-ring (bicyclic) bond motifs is 1. The van der Waals surface area contributed by atoms with Crippen LogP contribution in [0.4, 0.5) is 0 Å². The first kappa shape index (κ1) is 20.7. The number of aromatic nitrogens is 2. The Bertz CT molecular complexity index is 1110. The highest BCUT2D eigenvalue weighted by Gasteiger charge is 2.35. The number of rotatable bonds is 5. The van der Waals surface area contributed by atoms with Crippen molar-refractivity contribution in [3.05, 3.63) is 47.9 Å². The van der Waals surface area contributed by atoms with Gasteiger partial charge in [-0.1, -0.05) is 24.6 Å². The second-order valence-electron chi connectivity index (χ2n) is 8.66. The van der Waals surface area contributed by atoms with Gasteiger partial charge in [0, 0.05) is 17.8 Å². The molecule has 0 saturated carbocycles. The van der Waals surface area contributed by atoms with Gasteiger partial charge in [-0.05, 0) is 50.9 Å². The molecule has 1 atom stereocenters. The third-order valence-corrected chi connectivity index (χ3v) is 7.70. The summed E-state index contributed by atoms with van der Waals surface area (Å²) in [6.45, 7) is 3.17. The Morgan fingerprint density at radius 1 is 1.00 bits per heavy atom. The van der Waals surface area contributed by atoms with Gasteiger partial charge in [0.05, 0.1) is 12.8 Å². The SMILES string of the molecule is CS(=O)(=O)N1CCCCC1c1nnc(C2CCN(Cc3cc4ccccc4o3)CC2)o1. The number of benzene rings is 1. The maximum Gasteiger partial charge on any atom is 0.234 e. The summed E-state index contributed by atoms with van der Waals surface area (Å²) in [4.78, 5) is 2.39. The largest absolute Gasteiger partial charge is 0.460 e. The fourth-order valence-corrected chi connectivity index (χ4v) is 5.89. The fourth-order valence-electron chi connectivity index (χ4n) is 4.77. The van der Waals surface area contributed by atoms with Gasteiger partial charge in [-0.3, -0.25) is 4.90 Å². The van der Waals surface area contributed by atoms with Gasteiger partial charge >= 0.3 is 0 Å². The number of hydrogen-bond acceptors (Lipinski definition) is 7. The van der Waals surface area contributed by atoms with Crippen LogP contribution in [-0.2, 0) is 16.6 Å². The predicted molar refractivity (Wildman–Crippen MR) is 116 cm³/mol. The molecule has 3 aromatic rings. The monoisotopic (exact) mass is 444 g/mol. The summed E-state index contributed by atoms with van der Waals surface area (Å²) in [5.74, 6) is 2.27. The van der Waals surface area contributed by atoms with Gasteiger partial charge in [0.2, 0.25) is 21.8 Å². The van der Waals surface area contributed by atoms with Gasteiger partial charge in [0.25, 0.3) is 0 Å². The van der Waals surface area contributed by atoms with E-state index < -0.39 is 10.0 Å². The van der Waals surface area contributed by atoms with E-state index in [0.717, 1.165) is 68.5 Å². The Kier molecular flexibility index (Phi) is 5.58. The van der Waals surface area contributed by atoms with Crippen LogP contribution in [0.5, 0.6) is 0 Å². The first-order valence-corrected chi connectivity index (χ1v) is 12.8. The lowest BCUT2D eigenvalue weighted by atomic mass is 9.97. The number of hydrogen-bond donors (Lipinski definition) is 0. The van der Waals surface area contributed by atoms with E-state index in [0.29, 0.717) is 18.3 Å². The minimum atomic E-state index is -3.30. The van der Waals surface area contributed by atoms with Crippen LogP contribution < -0.4 is 0 Å². The van der Waals surface area contributed by atoms with Crippen LogP contribution in [-0.4, -0.2) is 53.7 Å². The zero-order valence-corrected chi connectivity index (χ0v) is 18.6. The molecule has 2 saturated heterocycles. The molecule has 1 aromatic carbocycles. The number of furan rings is 1. The first-order valence-electron chi connectivity index (χ1n) is 11.0. The zero-order valence-electron chi connectivity index (χ0n) is 17.7. The number of sulfonamides is 1. The maximum absolute atomic E-state index is 12.1. The van der Waals surface area contributed by atoms with E-state index in [9.17, 15) is 8.42 Å². The van der Waals surface area contributed by atoms with Crippen molar-refractivity contribution in [2.24, 2.45) is 0 Å². The van der Waals surface area contributed by atoms with E-state index in [1.54, 1.807) is 0 Å². The van der Waals surface area contributed by atoms with Gasteiger partial charge < -0.3 is 8.83 Å². The van der Waals surface area contributed by atoms with Crippen LogP contribution >= 0.6 is 0 Å². The lowest BCUT2D eigenvalue weighted by Gasteiger charge is -2.31. The van der Waals surface area contributed by atoms with Gasteiger partial charge in [-0.2, -0.15) is 4.31 Å². The molecule has 0 amide bonds. The fraction of sp³-hybridized carbons (Fsp3) is 0.545. The van der Waals surface area contributed by atoms with Crippen molar-refractivity contribution in [2.45, 2.75) is 50.6 Å². The molecule has 2 aliphatic rings. The Morgan fingerprint density at radius 2 is 1.77 bits per heavy atom. The van der Waals surface area contributed by atoms with Crippen LogP contribution in [0.25, 0.3) is 11.0 Å². The molecule has 0 bridgehead atoms. The van der Waals surface area contributed by atoms with Crippen LogP contribution in [0.3, 0.4) is 0 Å². The highest BCUT2D eigenvalue weighted by atomic mass is 32.2. The summed E-state index contributed by atoms with van der Waals surface area (Å²) in [7, 11) is -3.30. The Morgan fingerprint density at radius 3 is 2.55 bits per heavy atom. The topological polar surface area (TPSA) is 92.7 Å². The van der Waals surface area contributed by atoms with Gasteiger partial charge in [-0.25, -0.2) is 8.42 Å². The van der Waals surface area contributed by atoms with E-state index in [1.165, 1.54) is 10.6 Å². The smallest absolute Gasteiger partial charge is 0.234 e. The molecule has 0 radical (unpaired) electrons. The highest BCUT2D eigenvalue weighted by Crippen LogP contribution is 2.34. The molecule has 4 heterocycles. The average molecular weight is 445 g/mol. The summed E-state index contributed by atoms with van der Waals surface area (Å²) >= 11 is 0. The average Bonchev–Trinajstić information content (AvgIpc) is 3.40. The normalized spacial score (nSPS) is 22.3. The molecule has 1 unspecified atom stereocenters. The molecule has 0 N–H and O–H groups in total. The van der Waals surface area contributed by atoms with Gasteiger partial charge in [0.15, 0.2) is 0 Å². The molecule has 31 heavy (non-hydrogen) atoms. The van der Waals surface area contributed by atoms with E-state index in [4.69, 9.17) is 8.83 Å². The Hall–Kier alpha value is -2.23. The van der Waals surface area contributed by atoms with E-state index in [-0.39, 0.29) is 12.0 Å². The van der Waals surface area contributed by atoms with Crippen molar-refractivity contribution < 1.29 is 17.3 Å². The zero-order chi connectivity index (χ0) is 21.4. The number of piperidine rings is 2. The lowest BCUT2D eigenvalue weighted by molar-refractivity contribution is 0.176. The van der Waals surface area contributed by atoms with E-state index >= 15 is 0 Å². The molecular formula is C22H28N4O4S. The van der Waals surface area contributed by atoms with Crippen molar-refractivity contribution in [1.29, 1.82) is 0 Å². The van der Waals surface area contributed by atoms with Crippen LogP contribution in [0.1, 0.15) is 61.6 Å². The highest BCUT2D eigenvalue weighted by molar-refractivity contribution is 7.88. The van der Waals surface area contributed by atoms with Crippen molar-refractivity contribution in [3.63, 3.8) is 0 Å². The quantitative estimate of drug-likeness (QED) is 0.593. The summed E-state index contributed by atoms with van der Waals surface area (Å²) in [5, 5.41) is 9.67. The van der Waals surface area contributed by atoms with E-state index in [1.807, 2.05) is 18.2 Å². The summed E-state index contributed by atoms with van der Waals surface area (Å²) < 4.78 is 37.8. The van der Waals surface area contributed by atoms with Crippen LogP contribution in [0.2, 0.25) is 0 Å². The first-order chi connectivity index (χ1) is 15.0. The molecule has 0 aliphatic carbocycles. The van der Waals surface area contributed by atoms with Gasteiger partial charge in [0.1, 0.15) is 17.4 Å². The Labute approximate surface area is 182 Å². The van der Waals surface area contributed by atoms with E-state index in [2.05, 4.69) is 27.2 Å². The van der Waals surface area contributed by atoms with Crippen molar-refractivity contribution in [1.82, 2.24) is 19.4 Å². The third-order valence-electron chi connectivity index (χ3n) is 6.41. The van der Waals surface area contributed by atoms with Crippen molar-refractivity contribution in [2.75, 3.05) is 25.9 Å². The molecule has 9 heteroatoms. The second-order valence-corrected chi connectivity index (χ2v) is 10.6. The number of likely N-dealkylation sites (tertiary alicyclic amines) is 1. The van der Waals surface area contributed by atoms with Gasteiger partial charge in [-0.15, -0.1) is 10.2 Å².